The number of hydrogen-bond acceptors (Lipinski definition) is 3. The molecule has 0 bridgehead atoms. The van der Waals surface area contributed by atoms with Crippen molar-refractivity contribution in [3.8, 4) is 0 Å². The van der Waals surface area contributed by atoms with Crippen LogP contribution in [-0.4, -0.2) is 30.6 Å². The van der Waals surface area contributed by atoms with Gasteiger partial charge < -0.3 is 15.4 Å². The van der Waals surface area contributed by atoms with Crippen LogP contribution in [0, 0.1) is 0 Å². The summed E-state index contributed by atoms with van der Waals surface area (Å²) in [5.74, 6) is 0.179. The van der Waals surface area contributed by atoms with Crippen LogP contribution in [0.4, 0.5) is 5.69 Å². The van der Waals surface area contributed by atoms with Crippen molar-refractivity contribution >= 4 is 11.6 Å². The van der Waals surface area contributed by atoms with Crippen molar-refractivity contribution in [2.24, 2.45) is 0 Å². The van der Waals surface area contributed by atoms with Gasteiger partial charge in [0.25, 0.3) is 0 Å². The lowest BCUT2D eigenvalue weighted by molar-refractivity contribution is -0.132. The van der Waals surface area contributed by atoms with Crippen LogP contribution in [0.5, 0.6) is 0 Å². The molecule has 0 saturated heterocycles. The summed E-state index contributed by atoms with van der Waals surface area (Å²) in [7, 11) is 1.67. The summed E-state index contributed by atoms with van der Waals surface area (Å²) in [5.41, 5.74) is 7.59. The third kappa shape index (κ3) is 5.61. The van der Waals surface area contributed by atoms with E-state index in [1.807, 2.05) is 36.1 Å². The third-order valence-corrected chi connectivity index (χ3v) is 3.34. The lowest BCUT2D eigenvalue weighted by atomic mass is 10.1. The Morgan fingerprint density at radius 1 is 1.45 bits per heavy atom. The van der Waals surface area contributed by atoms with Crippen LogP contribution in [0.3, 0.4) is 0 Å². The van der Waals surface area contributed by atoms with E-state index in [2.05, 4.69) is 6.92 Å². The zero-order valence-electron chi connectivity index (χ0n) is 12.8. The molecule has 1 aromatic rings. The first kappa shape index (κ1) is 16.5. The average Bonchev–Trinajstić information content (AvgIpc) is 2.44. The lowest BCUT2D eigenvalue weighted by Gasteiger charge is -2.23. The van der Waals surface area contributed by atoms with Gasteiger partial charge >= 0.3 is 0 Å². The molecule has 20 heavy (non-hydrogen) atoms. The summed E-state index contributed by atoms with van der Waals surface area (Å²) < 4.78 is 5.19. The number of nitrogen functional groups attached to an aromatic ring is 1. The largest absolute Gasteiger partial charge is 0.399 e. The number of ether oxygens (including phenoxy) is 1. The van der Waals surface area contributed by atoms with Gasteiger partial charge in [0.2, 0.25) is 5.91 Å². The zero-order valence-corrected chi connectivity index (χ0v) is 12.8. The average molecular weight is 278 g/mol. The fourth-order valence-electron chi connectivity index (χ4n) is 2.08. The molecule has 1 amide bonds. The normalized spacial score (nSPS) is 12.2. The number of nitrogens with zero attached hydrogens (tertiary/aromatic N) is 1. The monoisotopic (exact) mass is 278 g/mol. The first-order chi connectivity index (χ1) is 9.56. The van der Waals surface area contributed by atoms with E-state index in [9.17, 15) is 4.79 Å². The fraction of sp³-hybridized carbons (Fsp3) is 0.562. The van der Waals surface area contributed by atoms with Gasteiger partial charge in [-0.15, -0.1) is 0 Å². The first-order valence-corrected chi connectivity index (χ1v) is 7.21. The van der Waals surface area contributed by atoms with Crippen LogP contribution in [0.25, 0.3) is 0 Å². The Morgan fingerprint density at radius 3 is 2.80 bits per heavy atom. The van der Waals surface area contributed by atoms with Gasteiger partial charge in [-0.1, -0.05) is 19.1 Å². The predicted molar refractivity (Wildman–Crippen MR) is 82.3 cm³/mol. The lowest BCUT2D eigenvalue weighted by Crippen LogP contribution is -2.31. The molecule has 1 rings (SSSR count). The number of carbonyl (C=O) groups excluding carboxylic acids is 1. The molecule has 0 heterocycles. The van der Waals surface area contributed by atoms with Crippen LogP contribution in [0.1, 0.15) is 38.7 Å². The van der Waals surface area contributed by atoms with Crippen LogP contribution < -0.4 is 5.73 Å². The molecule has 1 unspecified atom stereocenters. The molecule has 2 N–H and O–H groups in total. The first-order valence-electron chi connectivity index (χ1n) is 7.21. The van der Waals surface area contributed by atoms with E-state index in [1.165, 1.54) is 0 Å². The summed E-state index contributed by atoms with van der Waals surface area (Å²) >= 11 is 0. The molecule has 0 aliphatic rings. The minimum Gasteiger partial charge on any atom is -0.399 e. The van der Waals surface area contributed by atoms with E-state index in [4.69, 9.17) is 10.5 Å². The second-order valence-electron chi connectivity index (χ2n) is 5.15. The number of methoxy groups -OCH3 is 1. The number of benzene rings is 1. The second-order valence-corrected chi connectivity index (χ2v) is 5.15. The number of hydrogen-bond donors (Lipinski definition) is 1. The number of nitrogens with two attached hydrogens (primary N) is 1. The van der Waals surface area contributed by atoms with Crippen LogP contribution in [0.2, 0.25) is 0 Å². The quantitative estimate of drug-likeness (QED) is 0.744. The molecular weight excluding hydrogens is 252 g/mol. The van der Waals surface area contributed by atoms with E-state index in [1.54, 1.807) is 7.11 Å². The Bertz CT molecular complexity index is 421. The SMILES string of the molecule is CCCN(Cc1cccc(N)c1)C(=O)CCC(C)OC. The van der Waals surface area contributed by atoms with Gasteiger partial charge in [0.05, 0.1) is 6.10 Å². The Labute approximate surface area is 121 Å². The molecular formula is C16H26N2O2. The molecule has 0 aromatic heterocycles. The minimum absolute atomic E-state index is 0.120. The molecule has 0 saturated carbocycles. The molecule has 0 spiro atoms. The zero-order chi connectivity index (χ0) is 15.0. The molecule has 112 valence electrons. The molecule has 0 aliphatic heterocycles. The highest BCUT2D eigenvalue weighted by Crippen LogP contribution is 2.12. The third-order valence-electron chi connectivity index (χ3n) is 3.34. The van der Waals surface area contributed by atoms with Gasteiger partial charge in [-0.25, -0.2) is 0 Å². The summed E-state index contributed by atoms with van der Waals surface area (Å²) in [4.78, 5) is 14.2. The van der Waals surface area contributed by atoms with Gasteiger partial charge in [0.15, 0.2) is 0 Å². The minimum atomic E-state index is 0.120. The van der Waals surface area contributed by atoms with Crippen LogP contribution in [-0.2, 0) is 16.1 Å². The van der Waals surface area contributed by atoms with Gasteiger partial charge in [-0.2, -0.15) is 0 Å². The summed E-state index contributed by atoms with van der Waals surface area (Å²) in [6.45, 7) is 5.46. The predicted octanol–water partition coefficient (Wildman–Crippen LogP) is 2.82. The van der Waals surface area contributed by atoms with Gasteiger partial charge in [0, 0.05) is 32.3 Å². The van der Waals surface area contributed by atoms with Gasteiger partial charge in [-0.3, -0.25) is 4.79 Å². The molecule has 0 radical (unpaired) electrons. The molecule has 4 heteroatoms. The summed E-state index contributed by atoms with van der Waals surface area (Å²) in [5, 5.41) is 0. The topological polar surface area (TPSA) is 55.6 Å². The maximum Gasteiger partial charge on any atom is 0.222 e. The highest BCUT2D eigenvalue weighted by molar-refractivity contribution is 5.76. The van der Waals surface area contributed by atoms with Crippen molar-refractivity contribution in [3.63, 3.8) is 0 Å². The van der Waals surface area contributed by atoms with Crippen molar-refractivity contribution in [1.29, 1.82) is 0 Å². The Morgan fingerprint density at radius 2 is 2.20 bits per heavy atom. The standard InChI is InChI=1S/C16H26N2O2/c1-4-10-18(16(19)9-8-13(2)20-3)12-14-6-5-7-15(17)11-14/h5-7,11,13H,4,8-10,12,17H2,1-3H3. The van der Waals surface area contributed by atoms with Crippen molar-refractivity contribution < 1.29 is 9.53 Å². The van der Waals surface area contributed by atoms with Crippen LogP contribution in [0.15, 0.2) is 24.3 Å². The van der Waals surface area contributed by atoms with Crippen molar-refractivity contribution in [2.75, 3.05) is 19.4 Å². The van der Waals surface area contributed by atoms with E-state index in [0.29, 0.717) is 13.0 Å². The van der Waals surface area contributed by atoms with E-state index in [-0.39, 0.29) is 12.0 Å². The summed E-state index contributed by atoms with van der Waals surface area (Å²) in [6.07, 6.45) is 2.35. The number of rotatable bonds is 8. The van der Waals surface area contributed by atoms with Crippen LogP contribution >= 0.6 is 0 Å². The van der Waals surface area contributed by atoms with Crippen molar-refractivity contribution in [2.45, 2.75) is 45.8 Å². The maximum absolute atomic E-state index is 12.3. The van der Waals surface area contributed by atoms with E-state index in [0.717, 1.165) is 30.6 Å². The molecule has 0 aliphatic carbocycles. The van der Waals surface area contributed by atoms with Crippen molar-refractivity contribution in [3.05, 3.63) is 29.8 Å². The highest BCUT2D eigenvalue weighted by Gasteiger charge is 2.14. The summed E-state index contributed by atoms with van der Waals surface area (Å²) in [6, 6.07) is 7.71. The smallest absolute Gasteiger partial charge is 0.222 e. The number of carbonyl (C=O) groups is 1. The Hall–Kier alpha value is -1.55. The van der Waals surface area contributed by atoms with E-state index < -0.39 is 0 Å². The van der Waals surface area contributed by atoms with Gasteiger partial charge in [-0.05, 0) is 37.5 Å². The Balaban J connectivity index is 2.61. The second kappa shape index (κ2) is 8.59. The van der Waals surface area contributed by atoms with Gasteiger partial charge in [0.1, 0.15) is 0 Å². The molecule has 4 nitrogen and oxygen atoms in total. The van der Waals surface area contributed by atoms with Crippen molar-refractivity contribution in [1.82, 2.24) is 4.90 Å². The highest BCUT2D eigenvalue weighted by atomic mass is 16.5. The number of amides is 1. The number of anilines is 1. The molecule has 1 aromatic carbocycles. The van der Waals surface area contributed by atoms with E-state index >= 15 is 0 Å². The maximum atomic E-state index is 12.3. The Kier molecular flexibility index (Phi) is 7.09. The molecule has 0 fully saturated rings. The molecule has 1 atom stereocenters. The fourth-order valence-corrected chi connectivity index (χ4v) is 2.08.